The standard InChI is InChI=1S/C4H4O3.CH3NO2/c5-4(6)3-1-7-2-3;2-1(3)4/h1H,2H2,(H,5,6);2H2,(H,3,4). The SMILES string of the molecule is NC(=O)O.O=C(O)C1=COC1. The van der Waals surface area contributed by atoms with Crippen LogP contribution in [-0.4, -0.2) is 28.9 Å². The van der Waals surface area contributed by atoms with E-state index in [0.29, 0.717) is 5.57 Å². The highest BCUT2D eigenvalue weighted by molar-refractivity contribution is 5.87. The van der Waals surface area contributed by atoms with Crippen molar-refractivity contribution in [2.45, 2.75) is 0 Å². The Morgan fingerprint density at radius 2 is 1.91 bits per heavy atom. The molecule has 11 heavy (non-hydrogen) atoms. The first-order valence-electron chi connectivity index (χ1n) is 2.56. The van der Waals surface area contributed by atoms with E-state index in [1.165, 1.54) is 6.26 Å². The van der Waals surface area contributed by atoms with Crippen LogP contribution >= 0.6 is 0 Å². The van der Waals surface area contributed by atoms with Gasteiger partial charge in [0.1, 0.15) is 12.2 Å². The summed E-state index contributed by atoms with van der Waals surface area (Å²) in [6, 6.07) is 0. The van der Waals surface area contributed by atoms with Crippen LogP contribution in [0.2, 0.25) is 0 Å². The molecular weight excluding hydrogens is 154 g/mol. The van der Waals surface area contributed by atoms with E-state index in [1.807, 2.05) is 0 Å². The zero-order valence-corrected chi connectivity index (χ0v) is 5.48. The molecule has 6 nitrogen and oxygen atoms in total. The van der Waals surface area contributed by atoms with Gasteiger partial charge in [0, 0.05) is 0 Å². The van der Waals surface area contributed by atoms with Gasteiger partial charge in [-0.2, -0.15) is 0 Å². The molecule has 62 valence electrons. The lowest BCUT2D eigenvalue weighted by atomic mass is 10.3. The second-order valence-corrected chi connectivity index (χ2v) is 1.60. The summed E-state index contributed by atoms with van der Waals surface area (Å²) >= 11 is 0. The zero-order valence-electron chi connectivity index (χ0n) is 5.48. The van der Waals surface area contributed by atoms with Crippen molar-refractivity contribution < 1.29 is 24.5 Å². The van der Waals surface area contributed by atoms with Gasteiger partial charge in [0.05, 0.1) is 6.26 Å². The predicted molar refractivity (Wildman–Crippen MR) is 33.9 cm³/mol. The van der Waals surface area contributed by atoms with Gasteiger partial charge >= 0.3 is 12.1 Å². The zero-order chi connectivity index (χ0) is 8.85. The Morgan fingerprint density at radius 1 is 1.55 bits per heavy atom. The van der Waals surface area contributed by atoms with Crippen molar-refractivity contribution in [3.05, 3.63) is 11.8 Å². The maximum atomic E-state index is 9.83. The maximum absolute atomic E-state index is 9.83. The van der Waals surface area contributed by atoms with Crippen LogP contribution in [0.4, 0.5) is 4.79 Å². The minimum absolute atomic E-state index is 0.259. The summed E-state index contributed by atoms with van der Waals surface area (Å²) in [6.45, 7) is 0.259. The van der Waals surface area contributed by atoms with Gasteiger partial charge in [-0.25, -0.2) is 9.59 Å². The molecule has 0 spiro atoms. The van der Waals surface area contributed by atoms with Crippen molar-refractivity contribution in [1.82, 2.24) is 0 Å². The van der Waals surface area contributed by atoms with Gasteiger partial charge in [-0.15, -0.1) is 0 Å². The quantitative estimate of drug-likeness (QED) is 0.485. The molecule has 0 atom stereocenters. The van der Waals surface area contributed by atoms with Crippen LogP contribution in [0.15, 0.2) is 11.8 Å². The molecule has 4 N–H and O–H groups in total. The summed E-state index contributed by atoms with van der Waals surface area (Å²) in [5.74, 6) is -0.883. The summed E-state index contributed by atoms with van der Waals surface area (Å²) in [4.78, 5) is 18.6. The number of hydrogen-bond acceptors (Lipinski definition) is 3. The average Bonchev–Trinajstić information content (AvgIpc) is 1.53. The molecule has 0 aromatic heterocycles. The topological polar surface area (TPSA) is 110 Å². The summed E-state index contributed by atoms with van der Waals surface area (Å²) in [5.41, 5.74) is 4.38. The molecule has 1 amide bonds. The first kappa shape index (κ1) is 9.28. The number of carboxylic acids is 1. The van der Waals surface area contributed by atoms with E-state index in [2.05, 4.69) is 10.5 Å². The molecule has 0 fully saturated rings. The van der Waals surface area contributed by atoms with Crippen LogP contribution in [-0.2, 0) is 9.53 Å². The third kappa shape index (κ3) is 4.76. The number of hydrogen-bond donors (Lipinski definition) is 3. The number of carbonyl (C=O) groups is 2. The van der Waals surface area contributed by atoms with Gasteiger partial charge in [-0.3, -0.25) is 0 Å². The lowest BCUT2D eigenvalue weighted by Gasteiger charge is -2.09. The Labute approximate surface area is 61.9 Å². The fourth-order valence-electron chi connectivity index (χ4n) is 0.279. The highest BCUT2D eigenvalue weighted by atomic mass is 16.5. The molecule has 0 aromatic carbocycles. The molecule has 0 saturated heterocycles. The normalized spacial score (nSPS) is 12.5. The van der Waals surface area contributed by atoms with Gasteiger partial charge in [0.25, 0.3) is 0 Å². The molecule has 0 aliphatic carbocycles. The van der Waals surface area contributed by atoms with Crippen molar-refractivity contribution in [2.24, 2.45) is 5.73 Å². The van der Waals surface area contributed by atoms with Crippen molar-refractivity contribution in [3.8, 4) is 0 Å². The largest absolute Gasteiger partial charge is 0.495 e. The number of rotatable bonds is 1. The highest BCUT2D eigenvalue weighted by Gasteiger charge is 2.13. The van der Waals surface area contributed by atoms with Gasteiger partial charge in [0.15, 0.2) is 0 Å². The van der Waals surface area contributed by atoms with E-state index < -0.39 is 12.1 Å². The smallest absolute Gasteiger partial charge is 0.402 e. The van der Waals surface area contributed by atoms with E-state index in [-0.39, 0.29) is 6.61 Å². The Kier molecular flexibility index (Phi) is 3.50. The van der Waals surface area contributed by atoms with Crippen molar-refractivity contribution in [3.63, 3.8) is 0 Å². The third-order valence-corrected chi connectivity index (χ3v) is 0.739. The molecule has 6 heteroatoms. The summed E-state index contributed by atoms with van der Waals surface area (Å²) in [7, 11) is 0. The van der Waals surface area contributed by atoms with Gasteiger partial charge in [-0.1, -0.05) is 0 Å². The highest BCUT2D eigenvalue weighted by Crippen LogP contribution is 2.05. The van der Waals surface area contributed by atoms with E-state index >= 15 is 0 Å². The summed E-state index contributed by atoms with van der Waals surface area (Å²) < 4.78 is 4.45. The van der Waals surface area contributed by atoms with Gasteiger partial charge < -0.3 is 20.7 Å². The number of ether oxygens (including phenoxy) is 1. The number of nitrogens with two attached hydrogens (primary N) is 1. The summed E-state index contributed by atoms with van der Waals surface area (Å²) in [6.07, 6.45) is -0.0949. The van der Waals surface area contributed by atoms with Gasteiger partial charge in [0.2, 0.25) is 0 Å². The van der Waals surface area contributed by atoms with Crippen molar-refractivity contribution in [2.75, 3.05) is 6.61 Å². The van der Waals surface area contributed by atoms with E-state index in [1.54, 1.807) is 0 Å². The minimum Gasteiger partial charge on any atom is -0.495 e. The van der Waals surface area contributed by atoms with Gasteiger partial charge in [-0.05, 0) is 0 Å². The molecule has 1 heterocycles. The van der Waals surface area contributed by atoms with Crippen molar-refractivity contribution in [1.29, 1.82) is 0 Å². The monoisotopic (exact) mass is 161 g/mol. The molecule has 0 bridgehead atoms. The van der Waals surface area contributed by atoms with E-state index in [0.717, 1.165) is 0 Å². The molecule has 0 saturated carbocycles. The molecule has 1 rings (SSSR count). The molecule has 0 aromatic rings. The van der Waals surface area contributed by atoms with Crippen LogP contribution in [0, 0.1) is 0 Å². The first-order valence-corrected chi connectivity index (χ1v) is 2.56. The molecular formula is C5H7NO5. The number of amides is 1. The Balaban J connectivity index is 0.000000218. The van der Waals surface area contributed by atoms with Crippen molar-refractivity contribution >= 4 is 12.1 Å². The Hall–Kier alpha value is -1.72. The number of aliphatic carboxylic acids is 1. The van der Waals surface area contributed by atoms with Crippen LogP contribution in [0.3, 0.4) is 0 Å². The first-order chi connectivity index (χ1) is 5.04. The fraction of sp³-hybridized carbons (Fsp3) is 0.200. The second kappa shape index (κ2) is 4.15. The molecule has 0 unspecified atom stereocenters. The van der Waals surface area contributed by atoms with E-state index in [9.17, 15) is 4.79 Å². The average molecular weight is 161 g/mol. The minimum atomic E-state index is -1.33. The lowest BCUT2D eigenvalue weighted by Crippen LogP contribution is -2.13. The van der Waals surface area contributed by atoms with Crippen LogP contribution in [0.25, 0.3) is 0 Å². The molecule has 1 aliphatic rings. The number of primary amides is 1. The second-order valence-electron chi connectivity index (χ2n) is 1.60. The Bertz CT molecular complexity index is 193. The fourth-order valence-corrected chi connectivity index (χ4v) is 0.279. The van der Waals surface area contributed by atoms with E-state index in [4.69, 9.17) is 15.0 Å². The van der Waals surface area contributed by atoms with Crippen LogP contribution in [0.5, 0.6) is 0 Å². The predicted octanol–water partition coefficient (Wildman–Crippen LogP) is -0.392. The third-order valence-electron chi connectivity index (χ3n) is 0.739. The number of carboxylic acid groups (broad SMARTS) is 2. The molecule has 0 radical (unpaired) electrons. The summed E-state index contributed by atoms with van der Waals surface area (Å²) in [5, 5.41) is 15.3. The lowest BCUT2D eigenvalue weighted by molar-refractivity contribution is -0.134. The Morgan fingerprint density at radius 3 is 1.91 bits per heavy atom. The molecule has 1 aliphatic heterocycles. The van der Waals surface area contributed by atoms with Crippen LogP contribution in [0.1, 0.15) is 0 Å². The van der Waals surface area contributed by atoms with Crippen LogP contribution < -0.4 is 5.73 Å². The maximum Gasteiger partial charge on any atom is 0.402 e.